The summed E-state index contributed by atoms with van der Waals surface area (Å²) < 4.78 is 10.7. The fraction of sp³-hybridized carbons (Fsp3) is 0.500. The fourth-order valence-electron chi connectivity index (χ4n) is 2.15. The standard InChI is InChI=1S/C12H17NO2.ClH/c1-14-11-5-3-4-10(12(11)15-2)9-6-7-13-8-9;/h3-5,9,13H,6-8H2,1-2H3;1H. The third-order valence-electron chi connectivity index (χ3n) is 2.93. The van der Waals surface area contributed by atoms with Gasteiger partial charge >= 0.3 is 0 Å². The summed E-state index contributed by atoms with van der Waals surface area (Å²) in [6.07, 6.45) is 1.17. The third kappa shape index (κ3) is 2.42. The van der Waals surface area contributed by atoms with Gasteiger partial charge in [0.05, 0.1) is 14.2 Å². The van der Waals surface area contributed by atoms with Crippen LogP contribution >= 0.6 is 12.4 Å². The van der Waals surface area contributed by atoms with Crippen LogP contribution in [0.1, 0.15) is 17.9 Å². The molecule has 1 aromatic carbocycles. The molecule has 1 unspecified atom stereocenters. The summed E-state index contributed by atoms with van der Waals surface area (Å²) in [6, 6.07) is 6.08. The number of methoxy groups -OCH3 is 2. The lowest BCUT2D eigenvalue weighted by molar-refractivity contribution is 0.350. The first-order chi connectivity index (χ1) is 7.36. The number of hydrogen-bond donors (Lipinski definition) is 1. The van der Waals surface area contributed by atoms with Gasteiger partial charge in [0, 0.05) is 18.0 Å². The molecule has 1 atom stereocenters. The van der Waals surface area contributed by atoms with Crippen molar-refractivity contribution in [1.29, 1.82) is 0 Å². The molecule has 1 heterocycles. The van der Waals surface area contributed by atoms with Crippen molar-refractivity contribution < 1.29 is 9.47 Å². The van der Waals surface area contributed by atoms with Crippen molar-refractivity contribution in [2.24, 2.45) is 0 Å². The maximum Gasteiger partial charge on any atom is 0.164 e. The summed E-state index contributed by atoms with van der Waals surface area (Å²) in [5.74, 6) is 2.26. The van der Waals surface area contributed by atoms with E-state index in [0.717, 1.165) is 24.6 Å². The Balaban J connectivity index is 0.00000128. The second kappa shape index (κ2) is 5.97. The van der Waals surface area contributed by atoms with Gasteiger partial charge in [0.15, 0.2) is 11.5 Å². The normalized spacial score (nSPS) is 19.0. The van der Waals surface area contributed by atoms with E-state index in [4.69, 9.17) is 9.47 Å². The maximum absolute atomic E-state index is 5.43. The predicted molar refractivity (Wildman–Crippen MR) is 67.0 cm³/mol. The minimum Gasteiger partial charge on any atom is -0.493 e. The van der Waals surface area contributed by atoms with Crippen LogP contribution in [0.15, 0.2) is 18.2 Å². The average molecular weight is 244 g/mol. The Morgan fingerprint density at radius 1 is 1.25 bits per heavy atom. The lowest BCUT2D eigenvalue weighted by Gasteiger charge is -2.16. The zero-order valence-electron chi connectivity index (χ0n) is 9.66. The monoisotopic (exact) mass is 243 g/mol. The number of hydrogen-bond acceptors (Lipinski definition) is 3. The highest BCUT2D eigenvalue weighted by molar-refractivity contribution is 5.85. The van der Waals surface area contributed by atoms with Gasteiger partial charge in [0.1, 0.15) is 0 Å². The molecule has 0 aliphatic carbocycles. The van der Waals surface area contributed by atoms with Crippen LogP contribution in [0.5, 0.6) is 11.5 Å². The molecular formula is C12H18ClNO2. The summed E-state index contributed by atoms with van der Waals surface area (Å²) in [5, 5.41) is 3.36. The summed E-state index contributed by atoms with van der Waals surface area (Å²) >= 11 is 0. The highest BCUT2D eigenvalue weighted by Crippen LogP contribution is 2.37. The van der Waals surface area contributed by atoms with Crippen molar-refractivity contribution in [3.63, 3.8) is 0 Å². The van der Waals surface area contributed by atoms with Crippen LogP contribution in [0.2, 0.25) is 0 Å². The lowest BCUT2D eigenvalue weighted by Crippen LogP contribution is -2.09. The van der Waals surface area contributed by atoms with Crippen molar-refractivity contribution in [3.05, 3.63) is 23.8 Å². The van der Waals surface area contributed by atoms with E-state index < -0.39 is 0 Å². The molecule has 16 heavy (non-hydrogen) atoms. The summed E-state index contributed by atoms with van der Waals surface area (Å²) in [7, 11) is 3.37. The van der Waals surface area contributed by atoms with Crippen LogP contribution in [0.3, 0.4) is 0 Å². The molecule has 0 amide bonds. The SMILES string of the molecule is COc1cccc(C2CCNC2)c1OC.Cl. The number of benzene rings is 1. The molecule has 3 nitrogen and oxygen atoms in total. The van der Waals surface area contributed by atoms with Gasteiger partial charge in [-0.2, -0.15) is 0 Å². The first-order valence-electron chi connectivity index (χ1n) is 5.28. The van der Waals surface area contributed by atoms with Crippen LogP contribution in [0.4, 0.5) is 0 Å². The molecule has 0 spiro atoms. The minimum atomic E-state index is 0. The molecular weight excluding hydrogens is 226 g/mol. The maximum atomic E-state index is 5.43. The molecule has 0 aromatic heterocycles. The number of halogens is 1. The van der Waals surface area contributed by atoms with E-state index in [0.29, 0.717) is 5.92 Å². The van der Waals surface area contributed by atoms with E-state index >= 15 is 0 Å². The topological polar surface area (TPSA) is 30.5 Å². The number of para-hydroxylation sites is 1. The van der Waals surface area contributed by atoms with Gasteiger partial charge in [-0.05, 0) is 19.0 Å². The Bertz CT molecular complexity index is 338. The van der Waals surface area contributed by atoms with Gasteiger partial charge in [-0.15, -0.1) is 12.4 Å². The smallest absolute Gasteiger partial charge is 0.164 e. The zero-order valence-corrected chi connectivity index (χ0v) is 10.5. The number of nitrogens with one attached hydrogen (secondary N) is 1. The largest absolute Gasteiger partial charge is 0.493 e. The minimum absolute atomic E-state index is 0. The zero-order chi connectivity index (χ0) is 10.7. The summed E-state index contributed by atoms with van der Waals surface area (Å²) in [4.78, 5) is 0. The van der Waals surface area contributed by atoms with Gasteiger partial charge in [-0.3, -0.25) is 0 Å². The molecule has 4 heteroatoms. The van der Waals surface area contributed by atoms with Crippen molar-refractivity contribution in [3.8, 4) is 11.5 Å². The van der Waals surface area contributed by atoms with E-state index in [1.165, 1.54) is 12.0 Å². The Labute approximate surface area is 103 Å². The Morgan fingerprint density at radius 3 is 2.62 bits per heavy atom. The molecule has 0 saturated carbocycles. The average Bonchev–Trinajstić information content (AvgIpc) is 2.81. The van der Waals surface area contributed by atoms with Gasteiger partial charge in [-0.25, -0.2) is 0 Å². The quantitative estimate of drug-likeness (QED) is 0.883. The Kier molecular flexibility index (Phi) is 4.90. The second-order valence-electron chi connectivity index (χ2n) is 3.77. The van der Waals surface area contributed by atoms with Crippen molar-refractivity contribution in [2.45, 2.75) is 12.3 Å². The molecule has 1 aliphatic rings. The Morgan fingerprint density at radius 2 is 2.06 bits per heavy atom. The predicted octanol–water partition coefficient (Wildman–Crippen LogP) is 2.20. The molecule has 1 N–H and O–H groups in total. The van der Waals surface area contributed by atoms with Crippen LogP contribution in [-0.2, 0) is 0 Å². The van der Waals surface area contributed by atoms with E-state index in [2.05, 4.69) is 11.4 Å². The number of rotatable bonds is 3. The van der Waals surface area contributed by atoms with Gasteiger partial charge < -0.3 is 14.8 Å². The second-order valence-corrected chi connectivity index (χ2v) is 3.77. The molecule has 0 bridgehead atoms. The summed E-state index contributed by atoms with van der Waals surface area (Å²) in [6.45, 7) is 2.12. The van der Waals surface area contributed by atoms with Crippen molar-refractivity contribution in [2.75, 3.05) is 27.3 Å². The number of ether oxygens (including phenoxy) is 2. The highest BCUT2D eigenvalue weighted by Gasteiger charge is 2.21. The molecule has 1 saturated heterocycles. The van der Waals surface area contributed by atoms with Crippen LogP contribution in [0, 0.1) is 0 Å². The molecule has 0 radical (unpaired) electrons. The highest BCUT2D eigenvalue weighted by atomic mass is 35.5. The van der Waals surface area contributed by atoms with E-state index in [1.54, 1.807) is 14.2 Å². The van der Waals surface area contributed by atoms with E-state index in [1.807, 2.05) is 12.1 Å². The van der Waals surface area contributed by atoms with Crippen LogP contribution < -0.4 is 14.8 Å². The molecule has 1 aliphatic heterocycles. The molecule has 90 valence electrons. The molecule has 1 fully saturated rings. The third-order valence-corrected chi connectivity index (χ3v) is 2.93. The van der Waals surface area contributed by atoms with Gasteiger partial charge in [0.25, 0.3) is 0 Å². The van der Waals surface area contributed by atoms with Gasteiger partial charge in [0.2, 0.25) is 0 Å². The first kappa shape index (κ1) is 13.1. The fourth-order valence-corrected chi connectivity index (χ4v) is 2.15. The van der Waals surface area contributed by atoms with Crippen molar-refractivity contribution in [1.82, 2.24) is 5.32 Å². The molecule has 1 aromatic rings. The van der Waals surface area contributed by atoms with Gasteiger partial charge in [-0.1, -0.05) is 12.1 Å². The van der Waals surface area contributed by atoms with E-state index in [-0.39, 0.29) is 12.4 Å². The van der Waals surface area contributed by atoms with Crippen molar-refractivity contribution >= 4 is 12.4 Å². The van der Waals surface area contributed by atoms with E-state index in [9.17, 15) is 0 Å². The molecule has 2 rings (SSSR count). The first-order valence-corrected chi connectivity index (χ1v) is 5.28. The van der Waals surface area contributed by atoms with Crippen LogP contribution in [0.25, 0.3) is 0 Å². The summed E-state index contributed by atoms with van der Waals surface area (Å²) in [5.41, 5.74) is 1.25. The lowest BCUT2D eigenvalue weighted by atomic mass is 9.97. The Hall–Kier alpha value is -0.930. The van der Waals surface area contributed by atoms with Crippen LogP contribution in [-0.4, -0.2) is 27.3 Å².